The Morgan fingerprint density at radius 3 is 2.60 bits per heavy atom. The van der Waals surface area contributed by atoms with Gasteiger partial charge < -0.3 is 20.5 Å². The molecule has 0 unspecified atom stereocenters. The Balaban J connectivity index is 2.27. The number of hydrogen-bond acceptors (Lipinski definition) is 4. The fourth-order valence-corrected chi connectivity index (χ4v) is 2.25. The second-order valence-electron chi connectivity index (χ2n) is 6.88. The van der Waals surface area contributed by atoms with E-state index in [2.05, 4.69) is 10.3 Å². The minimum atomic E-state index is -0.416. The standard InChI is InChI=1S/C19H31N3O3/c1-19(2,3)25-17(23)12-6-5-9-13-21-18(20)22-16-11-8-7-10-15(16)14-24-4/h7-8,10-11H,5-6,9,12-14H2,1-4H3,(H3,20,21,22). The summed E-state index contributed by atoms with van der Waals surface area (Å²) < 4.78 is 10.4. The molecule has 0 aliphatic rings. The van der Waals surface area contributed by atoms with Crippen molar-refractivity contribution in [2.75, 3.05) is 19.0 Å². The van der Waals surface area contributed by atoms with Gasteiger partial charge >= 0.3 is 5.97 Å². The number of guanidine groups is 1. The van der Waals surface area contributed by atoms with Crippen LogP contribution in [0.1, 0.15) is 52.0 Å². The summed E-state index contributed by atoms with van der Waals surface area (Å²) in [5.41, 5.74) is 7.44. The van der Waals surface area contributed by atoms with E-state index in [0.717, 1.165) is 30.5 Å². The van der Waals surface area contributed by atoms with Crippen molar-refractivity contribution in [3.63, 3.8) is 0 Å². The maximum Gasteiger partial charge on any atom is 0.306 e. The van der Waals surface area contributed by atoms with Crippen LogP contribution in [0, 0.1) is 0 Å². The fraction of sp³-hybridized carbons (Fsp3) is 0.579. The number of para-hydroxylation sites is 1. The van der Waals surface area contributed by atoms with Crippen molar-refractivity contribution < 1.29 is 14.3 Å². The summed E-state index contributed by atoms with van der Waals surface area (Å²) in [5, 5.41) is 3.10. The van der Waals surface area contributed by atoms with Gasteiger partial charge in [0.15, 0.2) is 5.96 Å². The number of nitrogens with zero attached hydrogens (tertiary/aromatic N) is 1. The zero-order valence-electron chi connectivity index (χ0n) is 15.8. The summed E-state index contributed by atoms with van der Waals surface area (Å²) in [6, 6.07) is 7.82. The van der Waals surface area contributed by atoms with E-state index in [-0.39, 0.29) is 5.97 Å². The summed E-state index contributed by atoms with van der Waals surface area (Å²) in [7, 11) is 1.66. The molecule has 0 amide bonds. The highest BCUT2D eigenvalue weighted by Gasteiger charge is 2.15. The van der Waals surface area contributed by atoms with Gasteiger partial charge in [-0.1, -0.05) is 24.6 Å². The second kappa shape index (κ2) is 10.7. The SMILES string of the molecule is COCc1ccccc1NC(N)=NCCCCCC(=O)OC(C)(C)C. The number of nitrogens with two attached hydrogens (primary N) is 1. The third-order valence-electron chi connectivity index (χ3n) is 3.32. The summed E-state index contributed by atoms with van der Waals surface area (Å²) in [6.07, 6.45) is 3.04. The molecule has 0 aromatic heterocycles. The molecule has 0 bridgehead atoms. The lowest BCUT2D eigenvalue weighted by molar-refractivity contribution is -0.154. The third-order valence-corrected chi connectivity index (χ3v) is 3.32. The molecular weight excluding hydrogens is 318 g/mol. The van der Waals surface area contributed by atoms with Gasteiger partial charge in [-0.05, 0) is 39.7 Å². The molecule has 0 fully saturated rings. The van der Waals surface area contributed by atoms with Crippen molar-refractivity contribution in [2.45, 2.75) is 58.7 Å². The van der Waals surface area contributed by atoms with Crippen molar-refractivity contribution in [3.8, 4) is 0 Å². The average molecular weight is 349 g/mol. The van der Waals surface area contributed by atoms with Crippen LogP contribution in [0.3, 0.4) is 0 Å². The minimum absolute atomic E-state index is 0.146. The fourth-order valence-electron chi connectivity index (χ4n) is 2.25. The number of carbonyl (C=O) groups is 1. The Morgan fingerprint density at radius 1 is 1.20 bits per heavy atom. The first kappa shape index (κ1) is 21.0. The number of aliphatic imine (C=N–C) groups is 1. The summed E-state index contributed by atoms with van der Waals surface area (Å²) in [4.78, 5) is 15.9. The van der Waals surface area contributed by atoms with E-state index in [9.17, 15) is 4.79 Å². The molecule has 3 N–H and O–H groups in total. The number of unbranched alkanes of at least 4 members (excludes halogenated alkanes) is 2. The van der Waals surface area contributed by atoms with E-state index < -0.39 is 5.60 Å². The molecule has 1 aromatic carbocycles. The van der Waals surface area contributed by atoms with E-state index in [1.807, 2.05) is 45.0 Å². The zero-order valence-corrected chi connectivity index (χ0v) is 15.8. The van der Waals surface area contributed by atoms with Gasteiger partial charge in [0.25, 0.3) is 0 Å². The second-order valence-corrected chi connectivity index (χ2v) is 6.88. The number of esters is 1. The lowest BCUT2D eigenvalue weighted by Crippen LogP contribution is -2.24. The lowest BCUT2D eigenvalue weighted by atomic mass is 10.1. The van der Waals surface area contributed by atoms with Crippen molar-refractivity contribution >= 4 is 17.6 Å². The van der Waals surface area contributed by atoms with Gasteiger partial charge in [-0.25, -0.2) is 0 Å². The lowest BCUT2D eigenvalue weighted by Gasteiger charge is -2.19. The molecule has 6 nitrogen and oxygen atoms in total. The number of methoxy groups -OCH3 is 1. The van der Waals surface area contributed by atoms with Gasteiger partial charge in [-0.2, -0.15) is 0 Å². The Kier molecular flexibility index (Phi) is 8.99. The maximum absolute atomic E-state index is 11.6. The molecule has 0 spiro atoms. The quantitative estimate of drug-likeness (QED) is 0.309. The molecule has 25 heavy (non-hydrogen) atoms. The third kappa shape index (κ3) is 9.72. The van der Waals surface area contributed by atoms with Gasteiger partial charge in [0, 0.05) is 31.3 Å². The monoisotopic (exact) mass is 349 g/mol. The number of hydrogen-bond donors (Lipinski definition) is 2. The molecule has 1 aromatic rings. The molecule has 0 radical (unpaired) electrons. The molecule has 0 saturated carbocycles. The molecule has 1 rings (SSSR count). The van der Waals surface area contributed by atoms with E-state index in [1.54, 1.807) is 7.11 Å². The Bertz CT molecular complexity index is 565. The number of benzene rings is 1. The number of rotatable bonds is 9. The molecule has 0 heterocycles. The van der Waals surface area contributed by atoms with Crippen LogP contribution in [0.5, 0.6) is 0 Å². The van der Waals surface area contributed by atoms with Crippen molar-refractivity contribution in [3.05, 3.63) is 29.8 Å². The highest BCUT2D eigenvalue weighted by atomic mass is 16.6. The van der Waals surface area contributed by atoms with Crippen molar-refractivity contribution in [2.24, 2.45) is 10.7 Å². The van der Waals surface area contributed by atoms with Gasteiger partial charge in [0.1, 0.15) is 5.60 Å². The Morgan fingerprint density at radius 2 is 1.92 bits per heavy atom. The first-order valence-electron chi connectivity index (χ1n) is 8.67. The number of anilines is 1. The van der Waals surface area contributed by atoms with Crippen LogP contribution >= 0.6 is 0 Å². The highest BCUT2D eigenvalue weighted by molar-refractivity contribution is 5.92. The van der Waals surface area contributed by atoms with E-state index in [4.69, 9.17) is 15.2 Å². The summed E-state index contributed by atoms with van der Waals surface area (Å²) in [5.74, 6) is 0.239. The smallest absolute Gasteiger partial charge is 0.306 e. The first-order chi connectivity index (χ1) is 11.8. The Labute approximate surface area is 150 Å². The van der Waals surface area contributed by atoms with E-state index >= 15 is 0 Å². The predicted octanol–water partition coefficient (Wildman–Crippen LogP) is 3.46. The van der Waals surface area contributed by atoms with Crippen LogP contribution in [-0.2, 0) is 20.9 Å². The van der Waals surface area contributed by atoms with E-state index in [0.29, 0.717) is 25.5 Å². The zero-order chi connectivity index (χ0) is 18.7. The van der Waals surface area contributed by atoms with Crippen LogP contribution in [0.15, 0.2) is 29.3 Å². The van der Waals surface area contributed by atoms with Gasteiger partial charge in [-0.3, -0.25) is 9.79 Å². The van der Waals surface area contributed by atoms with Crippen molar-refractivity contribution in [1.82, 2.24) is 0 Å². The van der Waals surface area contributed by atoms with Gasteiger partial charge in [-0.15, -0.1) is 0 Å². The van der Waals surface area contributed by atoms with Crippen LogP contribution in [-0.4, -0.2) is 31.2 Å². The minimum Gasteiger partial charge on any atom is -0.460 e. The molecule has 6 heteroatoms. The van der Waals surface area contributed by atoms with Crippen LogP contribution < -0.4 is 11.1 Å². The number of ether oxygens (including phenoxy) is 2. The summed E-state index contributed by atoms with van der Waals surface area (Å²) in [6.45, 7) is 6.77. The molecule has 0 atom stereocenters. The largest absolute Gasteiger partial charge is 0.460 e. The van der Waals surface area contributed by atoms with Gasteiger partial charge in [0.2, 0.25) is 0 Å². The first-order valence-corrected chi connectivity index (χ1v) is 8.67. The topological polar surface area (TPSA) is 85.9 Å². The van der Waals surface area contributed by atoms with Crippen molar-refractivity contribution in [1.29, 1.82) is 0 Å². The molecule has 0 saturated heterocycles. The van der Waals surface area contributed by atoms with Crippen LogP contribution in [0.4, 0.5) is 5.69 Å². The highest BCUT2D eigenvalue weighted by Crippen LogP contribution is 2.15. The molecule has 0 aliphatic heterocycles. The predicted molar refractivity (Wildman–Crippen MR) is 102 cm³/mol. The van der Waals surface area contributed by atoms with Crippen LogP contribution in [0.2, 0.25) is 0 Å². The Hall–Kier alpha value is -2.08. The number of nitrogens with one attached hydrogen (secondary N) is 1. The molecule has 140 valence electrons. The van der Waals surface area contributed by atoms with E-state index in [1.165, 1.54) is 0 Å². The number of carbonyl (C=O) groups excluding carboxylic acids is 1. The van der Waals surface area contributed by atoms with Gasteiger partial charge in [0.05, 0.1) is 6.61 Å². The molecule has 0 aliphatic carbocycles. The molecular formula is C19H31N3O3. The summed E-state index contributed by atoms with van der Waals surface area (Å²) >= 11 is 0. The normalized spacial score (nSPS) is 12.1. The average Bonchev–Trinajstić information content (AvgIpc) is 2.51. The maximum atomic E-state index is 11.6. The van der Waals surface area contributed by atoms with Crippen LogP contribution in [0.25, 0.3) is 0 Å².